The minimum Gasteiger partial charge on any atom is -0.351 e. The van der Waals surface area contributed by atoms with Crippen LogP contribution < -0.4 is 10.6 Å². The van der Waals surface area contributed by atoms with Gasteiger partial charge in [0.15, 0.2) is 0 Å². The van der Waals surface area contributed by atoms with Crippen molar-refractivity contribution in [3.63, 3.8) is 0 Å². The van der Waals surface area contributed by atoms with E-state index < -0.39 is 0 Å². The Morgan fingerprint density at radius 3 is 2.21 bits per heavy atom. The Balaban J connectivity index is 1.38. The fourth-order valence-electron chi connectivity index (χ4n) is 5.03. The van der Waals surface area contributed by atoms with Crippen LogP contribution in [0.1, 0.15) is 64.8 Å². The van der Waals surface area contributed by atoms with Gasteiger partial charge in [-0.3, -0.25) is 14.4 Å². The molecule has 4 rings (SSSR count). The minimum absolute atomic E-state index is 0.0429. The number of hydrogen-bond donors (Lipinski definition) is 2. The quantitative estimate of drug-likeness (QED) is 0.666. The maximum atomic E-state index is 13.2. The number of piperidine rings is 1. The Bertz CT molecular complexity index is 1060. The molecule has 2 N–H and O–H groups in total. The van der Waals surface area contributed by atoms with E-state index in [9.17, 15) is 14.4 Å². The van der Waals surface area contributed by atoms with E-state index in [0.29, 0.717) is 29.2 Å². The number of likely N-dealkylation sites (tertiary alicyclic amines) is 1. The molecule has 0 aromatic heterocycles. The first-order valence-electron chi connectivity index (χ1n) is 12.1. The van der Waals surface area contributed by atoms with E-state index in [2.05, 4.69) is 10.6 Å². The number of carbonyl (C=O) groups excluding carboxylic acids is 3. The predicted octanol–water partition coefficient (Wildman–Crippen LogP) is 4.36. The number of nitrogens with zero attached hydrogens (tertiary/aromatic N) is 1. The number of amides is 3. The van der Waals surface area contributed by atoms with E-state index in [-0.39, 0.29) is 35.7 Å². The van der Waals surface area contributed by atoms with Crippen molar-refractivity contribution in [3.8, 4) is 0 Å². The number of carbonyl (C=O) groups is 3. The van der Waals surface area contributed by atoms with Gasteiger partial charge in [-0.25, -0.2) is 0 Å². The number of benzene rings is 2. The van der Waals surface area contributed by atoms with Crippen molar-refractivity contribution in [2.75, 3.05) is 13.1 Å². The van der Waals surface area contributed by atoms with Crippen LogP contribution in [0.25, 0.3) is 0 Å². The number of hydrogen-bond acceptors (Lipinski definition) is 3. The van der Waals surface area contributed by atoms with Crippen molar-refractivity contribution in [1.29, 1.82) is 0 Å². The van der Waals surface area contributed by atoms with Gasteiger partial charge in [-0.2, -0.15) is 0 Å². The van der Waals surface area contributed by atoms with Crippen LogP contribution in [0, 0.1) is 12.8 Å². The van der Waals surface area contributed by atoms with Crippen LogP contribution in [0.3, 0.4) is 0 Å². The van der Waals surface area contributed by atoms with Gasteiger partial charge >= 0.3 is 0 Å². The number of rotatable bonds is 5. The molecule has 6 nitrogen and oxygen atoms in total. The van der Waals surface area contributed by atoms with Gasteiger partial charge in [0.25, 0.3) is 11.8 Å². The molecule has 1 saturated heterocycles. The molecule has 0 spiro atoms. The second-order valence-electron chi connectivity index (χ2n) is 9.36. The monoisotopic (exact) mass is 481 g/mol. The molecule has 3 atom stereocenters. The van der Waals surface area contributed by atoms with E-state index in [0.717, 1.165) is 44.1 Å². The van der Waals surface area contributed by atoms with Crippen LogP contribution >= 0.6 is 11.6 Å². The molecule has 0 bridgehead atoms. The molecule has 3 amide bonds. The second kappa shape index (κ2) is 11.0. The molecule has 2 aromatic rings. The average molecular weight is 482 g/mol. The van der Waals surface area contributed by atoms with Gasteiger partial charge in [-0.05, 0) is 56.4 Å². The number of aryl methyl sites for hydroxylation is 1. The molecule has 7 heteroatoms. The van der Waals surface area contributed by atoms with Crippen molar-refractivity contribution in [2.24, 2.45) is 5.92 Å². The fraction of sp³-hybridized carbons (Fsp3) is 0.444. The fourth-order valence-corrected chi connectivity index (χ4v) is 5.25. The Labute approximate surface area is 206 Å². The summed E-state index contributed by atoms with van der Waals surface area (Å²) in [5, 5.41) is 6.78. The van der Waals surface area contributed by atoms with Gasteiger partial charge in [0.05, 0.1) is 16.5 Å². The lowest BCUT2D eigenvalue weighted by molar-refractivity contribution is -0.127. The van der Waals surface area contributed by atoms with Crippen LogP contribution in [0.4, 0.5) is 0 Å². The third-order valence-electron chi connectivity index (χ3n) is 6.98. The second-order valence-corrected chi connectivity index (χ2v) is 9.77. The highest BCUT2D eigenvalue weighted by Crippen LogP contribution is 2.24. The Morgan fingerprint density at radius 2 is 1.50 bits per heavy atom. The van der Waals surface area contributed by atoms with Crippen molar-refractivity contribution in [2.45, 2.75) is 57.5 Å². The van der Waals surface area contributed by atoms with Crippen molar-refractivity contribution in [3.05, 3.63) is 70.2 Å². The molecule has 0 unspecified atom stereocenters. The molecule has 0 radical (unpaired) electrons. The summed E-state index contributed by atoms with van der Waals surface area (Å²) in [6, 6.07) is 14.3. The molecular formula is C27H32ClN3O3. The molecule has 34 heavy (non-hydrogen) atoms. The predicted molar refractivity (Wildman–Crippen MR) is 133 cm³/mol. The van der Waals surface area contributed by atoms with Gasteiger partial charge in [0.1, 0.15) is 0 Å². The lowest BCUT2D eigenvalue weighted by atomic mass is 9.88. The summed E-state index contributed by atoms with van der Waals surface area (Å²) in [6.45, 7) is 2.92. The van der Waals surface area contributed by atoms with Crippen molar-refractivity contribution < 1.29 is 14.4 Å². The van der Waals surface area contributed by atoms with Crippen molar-refractivity contribution in [1.82, 2.24) is 15.5 Å². The van der Waals surface area contributed by atoms with E-state index >= 15 is 0 Å². The summed E-state index contributed by atoms with van der Waals surface area (Å²) in [6.07, 6.45) is 5.22. The van der Waals surface area contributed by atoms with Gasteiger partial charge in [0, 0.05) is 30.7 Å². The van der Waals surface area contributed by atoms with Gasteiger partial charge in [0.2, 0.25) is 5.91 Å². The SMILES string of the molecule is Cc1ccccc1C(=O)N[C@@H]1CCCC[C@H]1NC(=O)[C@@H]1CCCN(C(=O)c2ccccc2Cl)C1. The minimum atomic E-state index is -0.269. The third kappa shape index (κ3) is 5.61. The van der Waals surface area contributed by atoms with E-state index in [4.69, 9.17) is 11.6 Å². The topological polar surface area (TPSA) is 78.5 Å². The van der Waals surface area contributed by atoms with Crippen LogP contribution in [0.15, 0.2) is 48.5 Å². The van der Waals surface area contributed by atoms with Crippen LogP contribution in [-0.2, 0) is 4.79 Å². The summed E-state index contributed by atoms with van der Waals surface area (Å²) < 4.78 is 0. The number of nitrogens with one attached hydrogen (secondary N) is 2. The van der Waals surface area contributed by atoms with Gasteiger partial charge < -0.3 is 15.5 Å². The largest absolute Gasteiger partial charge is 0.351 e. The summed E-state index contributed by atoms with van der Waals surface area (Å²) in [4.78, 5) is 40.8. The standard InChI is InChI=1S/C27H32ClN3O3/c1-18-9-2-3-11-20(18)26(33)30-24-15-7-6-14-23(24)29-25(32)19-10-8-16-31(17-19)27(34)21-12-4-5-13-22(21)28/h2-5,9,11-13,19,23-24H,6-8,10,14-17H2,1H3,(H,29,32)(H,30,33)/t19-,23-,24-/m1/s1. The first-order chi connectivity index (χ1) is 16.4. The molecule has 1 aliphatic carbocycles. The van der Waals surface area contributed by atoms with E-state index in [1.807, 2.05) is 31.2 Å². The summed E-state index contributed by atoms with van der Waals surface area (Å²) in [5.74, 6) is -0.545. The highest BCUT2D eigenvalue weighted by molar-refractivity contribution is 6.33. The molecular weight excluding hydrogens is 450 g/mol. The summed E-state index contributed by atoms with van der Waals surface area (Å²) in [7, 11) is 0. The summed E-state index contributed by atoms with van der Waals surface area (Å²) in [5.41, 5.74) is 2.07. The molecule has 2 aliphatic rings. The molecule has 2 aromatic carbocycles. The Kier molecular flexibility index (Phi) is 7.88. The maximum Gasteiger partial charge on any atom is 0.255 e. The Hall–Kier alpha value is -2.86. The number of halogens is 1. The molecule has 1 aliphatic heterocycles. The Morgan fingerprint density at radius 1 is 0.853 bits per heavy atom. The molecule has 180 valence electrons. The van der Waals surface area contributed by atoms with E-state index in [1.54, 1.807) is 29.2 Å². The van der Waals surface area contributed by atoms with Gasteiger partial charge in [-0.1, -0.05) is 54.8 Å². The smallest absolute Gasteiger partial charge is 0.255 e. The zero-order valence-corrected chi connectivity index (χ0v) is 20.3. The highest BCUT2D eigenvalue weighted by Gasteiger charge is 2.33. The first-order valence-corrected chi connectivity index (χ1v) is 12.5. The first kappa shape index (κ1) is 24.3. The van der Waals surface area contributed by atoms with Crippen LogP contribution in [-0.4, -0.2) is 47.8 Å². The third-order valence-corrected chi connectivity index (χ3v) is 7.31. The van der Waals surface area contributed by atoms with Gasteiger partial charge in [-0.15, -0.1) is 0 Å². The average Bonchev–Trinajstić information content (AvgIpc) is 2.85. The summed E-state index contributed by atoms with van der Waals surface area (Å²) >= 11 is 6.22. The molecule has 1 heterocycles. The van der Waals surface area contributed by atoms with Crippen molar-refractivity contribution >= 4 is 29.3 Å². The lowest BCUT2D eigenvalue weighted by Gasteiger charge is -2.36. The highest BCUT2D eigenvalue weighted by atomic mass is 35.5. The molecule has 1 saturated carbocycles. The van der Waals surface area contributed by atoms with Crippen LogP contribution in [0.5, 0.6) is 0 Å². The maximum absolute atomic E-state index is 13.2. The normalized spacial score (nSPS) is 22.6. The zero-order chi connectivity index (χ0) is 24.1. The zero-order valence-electron chi connectivity index (χ0n) is 19.6. The van der Waals surface area contributed by atoms with E-state index in [1.165, 1.54) is 0 Å². The van der Waals surface area contributed by atoms with Crippen LogP contribution in [0.2, 0.25) is 5.02 Å². The molecule has 2 fully saturated rings. The lowest BCUT2D eigenvalue weighted by Crippen LogP contribution is -2.55.